The second-order valence-corrected chi connectivity index (χ2v) is 8.90. The second kappa shape index (κ2) is 12.0. The molecule has 0 spiro atoms. The van der Waals surface area contributed by atoms with Crippen LogP contribution in [-0.2, 0) is 9.53 Å². The normalized spacial score (nSPS) is 10.8. The highest BCUT2D eigenvalue weighted by molar-refractivity contribution is 6.36. The van der Waals surface area contributed by atoms with Gasteiger partial charge in [0.05, 0.1) is 22.9 Å². The average Bonchev–Trinajstić information content (AvgIpc) is 3.30. The van der Waals surface area contributed by atoms with Crippen LogP contribution < -0.4 is 5.32 Å². The van der Waals surface area contributed by atoms with Crippen LogP contribution in [0.4, 0.5) is 10.3 Å². The molecular weight excluding hydrogens is 518 g/mol. The maximum absolute atomic E-state index is 13.5. The van der Waals surface area contributed by atoms with Crippen molar-refractivity contribution in [3.8, 4) is 16.9 Å². The van der Waals surface area contributed by atoms with Crippen LogP contribution in [0.2, 0.25) is 10.0 Å². The smallest absolute Gasteiger partial charge is 0.255 e. The number of hydrogen-bond acceptors (Lipinski definition) is 4. The highest BCUT2D eigenvalue weighted by Crippen LogP contribution is 2.25. The Bertz CT molecular complexity index is 1390. The Morgan fingerprint density at radius 2 is 1.78 bits per heavy atom. The summed E-state index contributed by atoms with van der Waals surface area (Å²) in [5.74, 6) is -1.09. The molecule has 4 aromatic rings. The summed E-state index contributed by atoms with van der Waals surface area (Å²) in [6.45, 7) is 0.0913. The molecule has 7 nitrogen and oxygen atoms in total. The van der Waals surface area contributed by atoms with Crippen molar-refractivity contribution in [2.75, 3.05) is 32.1 Å². The summed E-state index contributed by atoms with van der Waals surface area (Å²) in [5, 5.41) is 3.35. The standard InChI is InChI=1S/C27H23Cl2FN4O3/c1-37-14-13-33(26(36)22-12-7-19(28)15-23(22)29)17-25(35)32-27-31-24(18-5-3-2-4-6-18)16-34(27)21-10-8-20(30)9-11-21/h2-12,15-16H,13-14,17H2,1H3,(H,31,32,35). The molecule has 1 aromatic heterocycles. The zero-order chi connectivity index (χ0) is 26.4. The Kier molecular flexibility index (Phi) is 8.55. The number of amides is 2. The zero-order valence-corrected chi connectivity index (χ0v) is 21.3. The van der Waals surface area contributed by atoms with Crippen molar-refractivity contribution in [1.29, 1.82) is 0 Å². The number of rotatable bonds is 9. The maximum Gasteiger partial charge on any atom is 0.255 e. The van der Waals surface area contributed by atoms with Crippen molar-refractivity contribution in [2.45, 2.75) is 0 Å². The van der Waals surface area contributed by atoms with Crippen LogP contribution in [0.15, 0.2) is 79.0 Å². The number of halogens is 3. The van der Waals surface area contributed by atoms with Crippen molar-refractivity contribution in [3.05, 3.63) is 100 Å². The summed E-state index contributed by atoms with van der Waals surface area (Å²) < 4.78 is 20.3. The lowest BCUT2D eigenvalue weighted by Gasteiger charge is -2.22. The number of ether oxygens (including phenoxy) is 1. The maximum atomic E-state index is 13.5. The molecule has 0 saturated heterocycles. The van der Waals surface area contributed by atoms with E-state index >= 15 is 0 Å². The van der Waals surface area contributed by atoms with Crippen LogP contribution >= 0.6 is 23.2 Å². The highest BCUT2D eigenvalue weighted by atomic mass is 35.5. The molecule has 0 aliphatic rings. The Hall–Kier alpha value is -3.72. The van der Waals surface area contributed by atoms with Crippen LogP contribution in [0.3, 0.4) is 0 Å². The van der Waals surface area contributed by atoms with Gasteiger partial charge in [0.25, 0.3) is 5.91 Å². The van der Waals surface area contributed by atoms with E-state index in [-0.39, 0.29) is 42.0 Å². The number of anilines is 1. The first-order chi connectivity index (χ1) is 17.9. The van der Waals surface area contributed by atoms with Gasteiger partial charge in [-0.15, -0.1) is 0 Å². The Morgan fingerprint density at radius 1 is 1.05 bits per heavy atom. The predicted octanol–water partition coefficient (Wildman–Crippen LogP) is 5.71. The number of nitrogens with zero attached hydrogens (tertiary/aromatic N) is 3. The quantitative estimate of drug-likeness (QED) is 0.295. The largest absolute Gasteiger partial charge is 0.383 e. The highest BCUT2D eigenvalue weighted by Gasteiger charge is 2.22. The molecule has 0 fully saturated rings. The van der Waals surface area contributed by atoms with Crippen molar-refractivity contribution < 1.29 is 18.7 Å². The fourth-order valence-corrected chi connectivity index (χ4v) is 4.13. The van der Waals surface area contributed by atoms with Gasteiger partial charge in [-0.25, -0.2) is 9.37 Å². The van der Waals surface area contributed by atoms with Gasteiger partial charge in [0.1, 0.15) is 12.4 Å². The fraction of sp³-hybridized carbons (Fsp3) is 0.148. The lowest BCUT2D eigenvalue weighted by Crippen LogP contribution is -2.40. The Labute approximate surface area is 223 Å². The van der Waals surface area contributed by atoms with Crippen molar-refractivity contribution in [2.24, 2.45) is 0 Å². The van der Waals surface area contributed by atoms with E-state index in [1.54, 1.807) is 29.0 Å². The fourth-order valence-electron chi connectivity index (χ4n) is 3.64. The van der Waals surface area contributed by atoms with Crippen LogP contribution in [0.5, 0.6) is 0 Å². The molecule has 3 aromatic carbocycles. The number of nitrogens with one attached hydrogen (secondary N) is 1. The minimum atomic E-state index is -0.483. The van der Waals surface area contributed by atoms with Crippen LogP contribution in [0, 0.1) is 5.82 Å². The number of methoxy groups -OCH3 is 1. The van der Waals surface area contributed by atoms with Crippen LogP contribution in [0.25, 0.3) is 16.9 Å². The van der Waals surface area contributed by atoms with Crippen LogP contribution in [0.1, 0.15) is 10.4 Å². The first-order valence-corrected chi connectivity index (χ1v) is 12.0. The van der Waals surface area contributed by atoms with E-state index in [2.05, 4.69) is 10.3 Å². The summed E-state index contributed by atoms with van der Waals surface area (Å²) in [5.41, 5.74) is 2.27. The van der Waals surface area contributed by atoms with Gasteiger partial charge in [-0.1, -0.05) is 53.5 Å². The van der Waals surface area contributed by atoms with Gasteiger partial charge in [0, 0.05) is 36.1 Å². The van der Waals surface area contributed by atoms with E-state index in [4.69, 9.17) is 27.9 Å². The summed E-state index contributed by atoms with van der Waals surface area (Å²) in [4.78, 5) is 32.2. The molecule has 1 N–H and O–H groups in total. The summed E-state index contributed by atoms with van der Waals surface area (Å²) in [7, 11) is 1.50. The topological polar surface area (TPSA) is 76.5 Å². The molecule has 0 aliphatic carbocycles. The minimum Gasteiger partial charge on any atom is -0.383 e. The number of aromatic nitrogens is 2. The first-order valence-electron chi connectivity index (χ1n) is 11.3. The molecule has 0 atom stereocenters. The van der Waals surface area contributed by atoms with Gasteiger partial charge >= 0.3 is 0 Å². The number of carbonyl (C=O) groups is 2. The van der Waals surface area contributed by atoms with E-state index in [0.717, 1.165) is 5.56 Å². The third kappa shape index (κ3) is 6.54. The molecular formula is C27H23Cl2FN4O3. The summed E-state index contributed by atoms with van der Waals surface area (Å²) in [6, 6.07) is 19.8. The molecule has 190 valence electrons. The molecule has 37 heavy (non-hydrogen) atoms. The third-order valence-corrected chi connectivity index (χ3v) is 6.03. The van der Waals surface area contributed by atoms with E-state index in [1.807, 2.05) is 30.3 Å². The number of benzene rings is 3. The summed E-state index contributed by atoms with van der Waals surface area (Å²) >= 11 is 12.2. The molecule has 0 radical (unpaired) electrons. The second-order valence-electron chi connectivity index (χ2n) is 8.05. The van der Waals surface area contributed by atoms with Crippen LogP contribution in [-0.4, -0.2) is 53.1 Å². The molecule has 0 aliphatic heterocycles. The number of imidazole rings is 1. The van der Waals surface area contributed by atoms with E-state index in [0.29, 0.717) is 16.4 Å². The van der Waals surface area contributed by atoms with Crippen molar-refractivity contribution in [1.82, 2.24) is 14.5 Å². The van der Waals surface area contributed by atoms with Gasteiger partial charge in [-0.2, -0.15) is 0 Å². The molecule has 0 saturated carbocycles. The first kappa shape index (κ1) is 26.3. The zero-order valence-electron chi connectivity index (χ0n) is 19.8. The Morgan fingerprint density at radius 3 is 2.46 bits per heavy atom. The van der Waals surface area contributed by atoms with E-state index in [1.165, 1.54) is 36.3 Å². The van der Waals surface area contributed by atoms with E-state index < -0.39 is 11.8 Å². The number of hydrogen-bond donors (Lipinski definition) is 1. The summed E-state index contributed by atoms with van der Waals surface area (Å²) in [6.07, 6.45) is 1.75. The van der Waals surface area contributed by atoms with Gasteiger partial charge in [-0.05, 0) is 42.5 Å². The monoisotopic (exact) mass is 540 g/mol. The third-order valence-electron chi connectivity index (χ3n) is 5.48. The minimum absolute atomic E-state index is 0.156. The van der Waals surface area contributed by atoms with Crippen molar-refractivity contribution >= 4 is 41.0 Å². The molecule has 0 unspecified atom stereocenters. The van der Waals surface area contributed by atoms with Crippen molar-refractivity contribution in [3.63, 3.8) is 0 Å². The lowest BCUT2D eigenvalue weighted by atomic mass is 10.2. The molecule has 2 amide bonds. The molecule has 4 rings (SSSR count). The number of carbonyl (C=O) groups excluding carboxylic acids is 2. The Balaban J connectivity index is 1.60. The van der Waals surface area contributed by atoms with Gasteiger partial charge in [-0.3, -0.25) is 19.5 Å². The van der Waals surface area contributed by atoms with E-state index in [9.17, 15) is 14.0 Å². The van der Waals surface area contributed by atoms with Gasteiger partial charge in [0.15, 0.2) is 0 Å². The van der Waals surface area contributed by atoms with Gasteiger partial charge in [0.2, 0.25) is 11.9 Å². The molecule has 10 heteroatoms. The molecule has 1 heterocycles. The SMILES string of the molecule is COCCN(CC(=O)Nc1nc(-c2ccccc2)cn1-c1ccc(F)cc1)C(=O)c1ccc(Cl)cc1Cl. The predicted molar refractivity (Wildman–Crippen MR) is 142 cm³/mol. The average molecular weight is 541 g/mol. The van der Waals surface area contributed by atoms with Gasteiger partial charge < -0.3 is 9.64 Å². The molecule has 0 bridgehead atoms. The lowest BCUT2D eigenvalue weighted by molar-refractivity contribution is -0.117.